The van der Waals surface area contributed by atoms with Crippen LogP contribution in [0.15, 0.2) is 57.5 Å². The molecule has 0 amide bonds. The minimum atomic E-state index is 0.354. The van der Waals surface area contributed by atoms with Gasteiger partial charge in [0, 0.05) is 27.8 Å². The molecule has 3 aromatic carbocycles. The van der Waals surface area contributed by atoms with Crippen LogP contribution in [0.1, 0.15) is 22.3 Å². The van der Waals surface area contributed by atoms with Crippen molar-refractivity contribution in [2.24, 2.45) is 0 Å². The van der Waals surface area contributed by atoms with E-state index in [-0.39, 0.29) is 0 Å². The quantitative estimate of drug-likeness (QED) is 0.337. The van der Waals surface area contributed by atoms with Gasteiger partial charge in [-0.05, 0) is 92.7 Å². The summed E-state index contributed by atoms with van der Waals surface area (Å²) in [5.74, 6) is 0.738. The first-order chi connectivity index (χ1) is 13.3. The summed E-state index contributed by atoms with van der Waals surface area (Å²) in [7, 11) is 0. The van der Waals surface area contributed by atoms with Crippen molar-refractivity contribution >= 4 is 60.7 Å². The molecule has 0 saturated heterocycles. The van der Waals surface area contributed by atoms with Crippen LogP contribution in [0.25, 0.3) is 0 Å². The second-order valence-electron chi connectivity index (χ2n) is 6.58. The van der Waals surface area contributed by atoms with E-state index in [2.05, 4.69) is 81.4 Å². The van der Waals surface area contributed by atoms with Crippen molar-refractivity contribution in [2.75, 3.05) is 5.32 Å². The lowest BCUT2D eigenvalue weighted by Gasteiger charge is -2.15. The number of aryl methyl sites for hydroxylation is 2. The minimum absolute atomic E-state index is 0.354. The standard InChI is InChI=1S/C22H19Br2Cl2NO/c1-13-3-4-14(2)21(7-13)27-11-15-8-18(23)22(19(24)9-15)28-12-16-5-6-17(25)10-20(16)26/h3-10,27H,11-12H2,1-2H3. The Morgan fingerprint density at radius 2 is 1.64 bits per heavy atom. The Morgan fingerprint density at radius 3 is 2.32 bits per heavy atom. The molecule has 0 radical (unpaired) electrons. The van der Waals surface area contributed by atoms with E-state index >= 15 is 0 Å². The van der Waals surface area contributed by atoms with Crippen LogP contribution < -0.4 is 10.1 Å². The fourth-order valence-corrected chi connectivity index (χ4v) is 4.74. The molecule has 0 heterocycles. The summed E-state index contributed by atoms with van der Waals surface area (Å²) in [5.41, 5.74) is 5.62. The fraction of sp³-hybridized carbons (Fsp3) is 0.182. The highest BCUT2D eigenvalue weighted by Gasteiger charge is 2.11. The summed E-state index contributed by atoms with van der Waals surface area (Å²) in [6.07, 6.45) is 0. The van der Waals surface area contributed by atoms with Crippen LogP contribution in [-0.2, 0) is 13.2 Å². The van der Waals surface area contributed by atoms with Gasteiger partial charge in [-0.25, -0.2) is 0 Å². The number of anilines is 1. The summed E-state index contributed by atoms with van der Waals surface area (Å²) < 4.78 is 7.74. The second kappa shape index (κ2) is 9.53. The largest absolute Gasteiger partial charge is 0.486 e. The molecule has 146 valence electrons. The molecule has 0 aliphatic rings. The number of hydrogen-bond acceptors (Lipinski definition) is 2. The van der Waals surface area contributed by atoms with Gasteiger partial charge >= 0.3 is 0 Å². The molecule has 0 aliphatic carbocycles. The Hall–Kier alpha value is -1.20. The average molecular weight is 544 g/mol. The highest BCUT2D eigenvalue weighted by atomic mass is 79.9. The zero-order valence-electron chi connectivity index (χ0n) is 15.5. The Labute approximate surface area is 192 Å². The highest BCUT2D eigenvalue weighted by molar-refractivity contribution is 9.11. The van der Waals surface area contributed by atoms with Gasteiger partial charge in [-0.15, -0.1) is 0 Å². The van der Waals surface area contributed by atoms with E-state index in [1.807, 2.05) is 6.07 Å². The molecule has 0 saturated carbocycles. The van der Waals surface area contributed by atoms with E-state index in [0.29, 0.717) is 23.2 Å². The molecule has 3 aromatic rings. The number of benzene rings is 3. The van der Waals surface area contributed by atoms with Crippen LogP contribution in [0.4, 0.5) is 5.69 Å². The minimum Gasteiger partial charge on any atom is -0.486 e. The maximum Gasteiger partial charge on any atom is 0.148 e. The first-order valence-corrected chi connectivity index (χ1v) is 11.0. The Bertz CT molecular complexity index is 985. The van der Waals surface area contributed by atoms with Crippen molar-refractivity contribution in [3.05, 3.63) is 89.8 Å². The molecule has 0 fully saturated rings. The summed E-state index contributed by atoms with van der Waals surface area (Å²) in [6, 6.07) is 15.9. The van der Waals surface area contributed by atoms with Gasteiger partial charge in [-0.2, -0.15) is 0 Å². The zero-order chi connectivity index (χ0) is 20.3. The Morgan fingerprint density at radius 1 is 0.929 bits per heavy atom. The molecular formula is C22H19Br2Cl2NO. The molecule has 6 heteroatoms. The number of rotatable bonds is 6. The summed E-state index contributed by atoms with van der Waals surface area (Å²) in [6.45, 7) is 5.27. The highest BCUT2D eigenvalue weighted by Crippen LogP contribution is 2.36. The van der Waals surface area contributed by atoms with E-state index in [1.165, 1.54) is 11.1 Å². The maximum absolute atomic E-state index is 6.23. The van der Waals surface area contributed by atoms with E-state index in [1.54, 1.807) is 12.1 Å². The third-order valence-corrected chi connectivity index (χ3v) is 6.09. The van der Waals surface area contributed by atoms with Crippen LogP contribution in [0, 0.1) is 13.8 Å². The topological polar surface area (TPSA) is 21.3 Å². The van der Waals surface area contributed by atoms with Gasteiger partial charge in [-0.1, -0.05) is 41.4 Å². The molecule has 3 rings (SSSR count). The fourth-order valence-electron chi connectivity index (χ4n) is 2.76. The normalized spacial score (nSPS) is 10.8. The Kier molecular flexibility index (Phi) is 7.32. The third kappa shape index (κ3) is 5.44. The smallest absolute Gasteiger partial charge is 0.148 e. The van der Waals surface area contributed by atoms with Crippen molar-refractivity contribution < 1.29 is 4.74 Å². The molecule has 0 spiro atoms. The summed E-state index contributed by atoms with van der Waals surface area (Å²) >= 11 is 19.4. The number of halogens is 4. The lowest BCUT2D eigenvalue weighted by Crippen LogP contribution is -2.03. The zero-order valence-corrected chi connectivity index (χ0v) is 20.1. The third-order valence-electron chi connectivity index (χ3n) is 4.32. The molecule has 0 unspecified atom stereocenters. The molecule has 28 heavy (non-hydrogen) atoms. The van der Waals surface area contributed by atoms with Gasteiger partial charge in [0.1, 0.15) is 12.4 Å². The molecular weight excluding hydrogens is 525 g/mol. The molecule has 0 aliphatic heterocycles. The average Bonchev–Trinajstić information content (AvgIpc) is 2.63. The van der Waals surface area contributed by atoms with Crippen molar-refractivity contribution in [1.29, 1.82) is 0 Å². The molecule has 2 nitrogen and oxygen atoms in total. The summed E-state index contributed by atoms with van der Waals surface area (Å²) in [5, 5.41) is 4.70. The van der Waals surface area contributed by atoms with Gasteiger partial charge < -0.3 is 10.1 Å². The van der Waals surface area contributed by atoms with E-state index in [0.717, 1.165) is 31.5 Å². The van der Waals surface area contributed by atoms with Crippen LogP contribution in [0.3, 0.4) is 0 Å². The predicted molar refractivity (Wildman–Crippen MR) is 126 cm³/mol. The van der Waals surface area contributed by atoms with E-state index < -0.39 is 0 Å². The summed E-state index contributed by atoms with van der Waals surface area (Å²) in [4.78, 5) is 0. The first-order valence-electron chi connectivity index (χ1n) is 8.69. The molecule has 0 atom stereocenters. The van der Waals surface area contributed by atoms with Crippen molar-refractivity contribution in [3.63, 3.8) is 0 Å². The SMILES string of the molecule is Cc1ccc(C)c(NCc2cc(Br)c(OCc3ccc(Cl)cc3Cl)c(Br)c2)c1. The van der Waals surface area contributed by atoms with E-state index in [9.17, 15) is 0 Å². The number of ether oxygens (including phenoxy) is 1. The lowest BCUT2D eigenvalue weighted by molar-refractivity contribution is 0.302. The molecule has 0 bridgehead atoms. The first kappa shape index (κ1) is 21.5. The van der Waals surface area contributed by atoms with Gasteiger partial charge in [0.25, 0.3) is 0 Å². The predicted octanol–water partition coefficient (Wildman–Crippen LogP) is 8.33. The maximum atomic E-state index is 6.23. The molecule has 0 aromatic heterocycles. The lowest BCUT2D eigenvalue weighted by atomic mass is 10.1. The van der Waals surface area contributed by atoms with Crippen molar-refractivity contribution in [2.45, 2.75) is 27.0 Å². The van der Waals surface area contributed by atoms with Gasteiger partial charge in [0.05, 0.1) is 8.95 Å². The van der Waals surface area contributed by atoms with Crippen LogP contribution in [-0.4, -0.2) is 0 Å². The number of hydrogen-bond donors (Lipinski definition) is 1. The van der Waals surface area contributed by atoms with Crippen LogP contribution in [0.5, 0.6) is 5.75 Å². The van der Waals surface area contributed by atoms with Crippen LogP contribution >= 0.6 is 55.1 Å². The van der Waals surface area contributed by atoms with Gasteiger partial charge in [-0.3, -0.25) is 0 Å². The monoisotopic (exact) mass is 541 g/mol. The van der Waals surface area contributed by atoms with Crippen molar-refractivity contribution in [3.8, 4) is 5.75 Å². The van der Waals surface area contributed by atoms with Gasteiger partial charge in [0.2, 0.25) is 0 Å². The van der Waals surface area contributed by atoms with Crippen LogP contribution in [0.2, 0.25) is 10.0 Å². The molecule has 1 N–H and O–H groups in total. The second-order valence-corrected chi connectivity index (χ2v) is 9.14. The number of nitrogens with one attached hydrogen (secondary N) is 1. The van der Waals surface area contributed by atoms with E-state index in [4.69, 9.17) is 27.9 Å². The van der Waals surface area contributed by atoms with Crippen molar-refractivity contribution in [1.82, 2.24) is 0 Å². The van der Waals surface area contributed by atoms with Gasteiger partial charge in [0.15, 0.2) is 0 Å². The Balaban J connectivity index is 1.71.